The third-order valence-corrected chi connectivity index (χ3v) is 6.12. The lowest BCUT2D eigenvalue weighted by Crippen LogP contribution is -2.10. The molecule has 1 heterocycles. The molecule has 0 atom stereocenters. The minimum absolute atomic E-state index is 0.242. The van der Waals surface area contributed by atoms with Crippen molar-refractivity contribution in [2.45, 2.75) is 45.6 Å². The van der Waals surface area contributed by atoms with Crippen LogP contribution in [-0.4, -0.2) is 17.7 Å². The van der Waals surface area contributed by atoms with E-state index in [4.69, 9.17) is 4.74 Å². The van der Waals surface area contributed by atoms with Crippen molar-refractivity contribution in [2.24, 2.45) is 0 Å². The number of phenols is 1. The minimum atomic E-state index is -0.247. The summed E-state index contributed by atoms with van der Waals surface area (Å²) in [6.07, 6.45) is 5.45. The quantitative estimate of drug-likeness (QED) is 0.507. The molecule has 25 heavy (non-hydrogen) atoms. The molecule has 2 N–H and O–H groups in total. The SMILES string of the molecule is CCOC(=O)c1c(NCc2cc(Br)ccc2O)sc2c1CCCCC2. The summed E-state index contributed by atoms with van der Waals surface area (Å²) in [5.41, 5.74) is 2.63. The normalized spacial score (nSPS) is 13.8. The Labute approximate surface area is 160 Å². The lowest BCUT2D eigenvalue weighted by atomic mass is 10.1. The number of nitrogens with one attached hydrogen (secondary N) is 1. The molecular weight excluding hydrogens is 402 g/mol. The fourth-order valence-electron chi connectivity index (χ4n) is 3.16. The Hall–Kier alpha value is -1.53. The van der Waals surface area contributed by atoms with Crippen LogP contribution in [0, 0.1) is 0 Å². The van der Waals surface area contributed by atoms with Gasteiger partial charge in [-0.05, 0) is 56.4 Å². The molecule has 1 aromatic heterocycles. The van der Waals surface area contributed by atoms with Gasteiger partial charge in [0, 0.05) is 21.5 Å². The molecule has 2 aromatic rings. The average molecular weight is 424 g/mol. The first-order chi connectivity index (χ1) is 12.1. The van der Waals surface area contributed by atoms with E-state index < -0.39 is 0 Å². The van der Waals surface area contributed by atoms with Crippen molar-refractivity contribution < 1.29 is 14.6 Å². The Kier molecular flexibility index (Phi) is 6.02. The molecule has 4 nitrogen and oxygen atoms in total. The molecule has 6 heteroatoms. The van der Waals surface area contributed by atoms with Crippen molar-refractivity contribution >= 4 is 38.2 Å². The summed E-state index contributed by atoms with van der Waals surface area (Å²) in [6.45, 7) is 2.65. The third-order valence-electron chi connectivity index (χ3n) is 4.38. The van der Waals surface area contributed by atoms with Crippen LogP contribution in [0.2, 0.25) is 0 Å². The van der Waals surface area contributed by atoms with Crippen LogP contribution >= 0.6 is 27.3 Å². The summed E-state index contributed by atoms with van der Waals surface area (Å²) in [6, 6.07) is 5.35. The molecule has 1 aromatic carbocycles. The zero-order valence-electron chi connectivity index (χ0n) is 14.2. The van der Waals surface area contributed by atoms with E-state index in [1.807, 2.05) is 13.0 Å². The Morgan fingerprint density at radius 1 is 1.32 bits per heavy atom. The molecule has 0 amide bonds. The summed E-state index contributed by atoms with van der Waals surface area (Å²) in [5, 5.41) is 14.2. The van der Waals surface area contributed by atoms with Gasteiger partial charge < -0.3 is 15.2 Å². The summed E-state index contributed by atoms with van der Waals surface area (Å²) >= 11 is 5.08. The predicted molar refractivity (Wildman–Crippen MR) is 105 cm³/mol. The van der Waals surface area contributed by atoms with E-state index in [1.54, 1.807) is 23.5 Å². The Morgan fingerprint density at radius 3 is 2.92 bits per heavy atom. The van der Waals surface area contributed by atoms with Gasteiger partial charge >= 0.3 is 5.97 Å². The number of carbonyl (C=O) groups excluding carboxylic acids is 1. The van der Waals surface area contributed by atoms with E-state index >= 15 is 0 Å². The smallest absolute Gasteiger partial charge is 0.341 e. The van der Waals surface area contributed by atoms with Gasteiger partial charge in [0.05, 0.1) is 12.2 Å². The molecule has 0 spiro atoms. The second kappa shape index (κ2) is 8.23. The predicted octanol–water partition coefficient (Wildman–Crippen LogP) is 5.27. The Bertz CT molecular complexity index is 772. The number of anilines is 1. The van der Waals surface area contributed by atoms with Gasteiger partial charge in [0.25, 0.3) is 0 Å². The maximum Gasteiger partial charge on any atom is 0.341 e. The van der Waals surface area contributed by atoms with Crippen molar-refractivity contribution in [3.05, 3.63) is 44.2 Å². The fourth-order valence-corrected chi connectivity index (χ4v) is 4.84. The lowest BCUT2D eigenvalue weighted by Gasteiger charge is -2.10. The molecule has 1 aliphatic rings. The van der Waals surface area contributed by atoms with Gasteiger partial charge in [-0.15, -0.1) is 11.3 Å². The highest BCUT2D eigenvalue weighted by Crippen LogP contribution is 2.38. The highest BCUT2D eigenvalue weighted by molar-refractivity contribution is 9.10. The first-order valence-corrected chi connectivity index (χ1v) is 10.2. The van der Waals surface area contributed by atoms with Gasteiger partial charge in [-0.2, -0.15) is 0 Å². The van der Waals surface area contributed by atoms with Crippen LogP contribution in [0.5, 0.6) is 5.75 Å². The molecule has 3 rings (SSSR count). The summed E-state index contributed by atoms with van der Waals surface area (Å²) < 4.78 is 6.21. The number of thiophene rings is 1. The number of hydrogen-bond donors (Lipinski definition) is 2. The van der Waals surface area contributed by atoms with E-state index in [0.717, 1.165) is 39.9 Å². The number of hydrogen-bond acceptors (Lipinski definition) is 5. The molecule has 0 radical (unpaired) electrons. The first kappa shape index (κ1) is 18.3. The van der Waals surface area contributed by atoms with E-state index in [2.05, 4.69) is 21.2 Å². The number of benzene rings is 1. The number of aromatic hydroxyl groups is 1. The number of aryl methyl sites for hydroxylation is 1. The maximum atomic E-state index is 12.5. The largest absolute Gasteiger partial charge is 0.508 e. The van der Waals surface area contributed by atoms with Crippen LogP contribution in [0.1, 0.15) is 52.5 Å². The number of halogens is 1. The van der Waals surface area contributed by atoms with Crippen LogP contribution < -0.4 is 5.32 Å². The zero-order chi connectivity index (χ0) is 17.8. The monoisotopic (exact) mass is 423 g/mol. The Morgan fingerprint density at radius 2 is 2.12 bits per heavy atom. The number of carbonyl (C=O) groups is 1. The van der Waals surface area contributed by atoms with Crippen LogP contribution in [0.25, 0.3) is 0 Å². The number of phenolic OH excluding ortho intramolecular Hbond substituents is 1. The molecule has 0 saturated heterocycles. The molecule has 0 aliphatic heterocycles. The highest BCUT2D eigenvalue weighted by Gasteiger charge is 2.25. The molecule has 0 fully saturated rings. The number of fused-ring (bicyclic) bond motifs is 1. The highest BCUT2D eigenvalue weighted by atomic mass is 79.9. The maximum absolute atomic E-state index is 12.5. The molecule has 0 saturated carbocycles. The Balaban J connectivity index is 1.89. The van der Waals surface area contributed by atoms with Gasteiger partial charge in [0.2, 0.25) is 0 Å². The molecule has 134 valence electrons. The van der Waals surface area contributed by atoms with Crippen LogP contribution in [0.15, 0.2) is 22.7 Å². The number of esters is 1. The minimum Gasteiger partial charge on any atom is -0.508 e. The summed E-state index contributed by atoms with van der Waals surface area (Å²) in [5.74, 6) is -0.00521. The molecular formula is C19H22BrNO3S. The number of ether oxygens (including phenoxy) is 1. The first-order valence-electron chi connectivity index (χ1n) is 8.63. The van der Waals surface area contributed by atoms with E-state index in [0.29, 0.717) is 18.7 Å². The van der Waals surface area contributed by atoms with Gasteiger partial charge in [-0.1, -0.05) is 22.4 Å². The topological polar surface area (TPSA) is 58.6 Å². The number of rotatable bonds is 5. The summed E-state index contributed by atoms with van der Waals surface area (Å²) in [4.78, 5) is 13.8. The van der Waals surface area contributed by atoms with Crippen LogP contribution in [-0.2, 0) is 24.1 Å². The molecule has 0 unspecified atom stereocenters. The van der Waals surface area contributed by atoms with Gasteiger partial charge in [-0.25, -0.2) is 4.79 Å². The van der Waals surface area contributed by atoms with Crippen molar-refractivity contribution in [3.63, 3.8) is 0 Å². The van der Waals surface area contributed by atoms with E-state index in [9.17, 15) is 9.90 Å². The van der Waals surface area contributed by atoms with Crippen molar-refractivity contribution in [3.8, 4) is 5.75 Å². The summed E-state index contributed by atoms with van der Waals surface area (Å²) in [7, 11) is 0. The van der Waals surface area contributed by atoms with Gasteiger partial charge in [0.1, 0.15) is 10.8 Å². The van der Waals surface area contributed by atoms with Gasteiger partial charge in [0.15, 0.2) is 0 Å². The van der Waals surface area contributed by atoms with Crippen molar-refractivity contribution in [2.75, 3.05) is 11.9 Å². The molecule has 1 aliphatic carbocycles. The van der Waals surface area contributed by atoms with E-state index in [-0.39, 0.29) is 11.7 Å². The van der Waals surface area contributed by atoms with E-state index in [1.165, 1.54) is 17.7 Å². The van der Waals surface area contributed by atoms with Crippen molar-refractivity contribution in [1.29, 1.82) is 0 Å². The second-order valence-corrected chi connectivity index (χ2v) is 8.14. The van der Waals surface area contributed by atoms with Crippen LogP contribution in [0.4, 0.5) is 5.00 Å². The lowest BCUT2D eigenvalue weighted by molar-refractivity contribution is 0.0526. The van der Waals surface area contributed by atoms with Crippen molar-refractivity contribution in [1.82, 2.24) is 0 Å². The standard InChI is InChI=1S/C19H22BrNO3S/c1-2-24-19(23)17-14-6-4-3-5-7-16(14)25-18(17)21-11-12-10-13(20)8-9-15(12)22/h8-10,21-22H,2-7,11H2,1H3. The van der Waals surface area contributed by atoms with Crippen LogP contribution in [0.3, 0.4) is 0 Å². The average Bonchev–Trinajstić information content (AvgIpc) is 2.77. The third kappa shape index (κ3) is 4.18. The zero-order valence-corrected chi connectivity index (χ0v) is 16.6. The fraction of sp³-hybridized carbons (Fsp3) is 0.421. The second-order valence-electron chi connectivity index (χ2n) is 6.12. The van der Waals surface area contributed by atoms with Gasteiger partial charge in [-0.3, -0.25) is 0 Å². The molecule has 0 bridgehead atoms.